The zero-order valence-corrected chi connectivity index (χ0v) is 11.3. The molecule has 1 rings (SSSR count). The molecule has 0 aliphatic rings. The molecule has 0 heterocycles. The average Bonchev–Trinajstić information content (AvgIpc) is 2.30. The van der Waals surface area contributed by atoms with Gasteiger partial charge in [-0.1, -0.05) is 30.2 Å². The van der Waals surface area contributed by atoms with Gasteiger partial charge in [-0.3, -0.25) is 0 Å². The van der Waals surface area contributed by atoms with Crippen molar-refractivity contribution in [1.29, 1.82) is 0 Å². The van der Waals surface area contributed by atoms with Crippen LogP contribution in [-0.4, -0.2) is 12.7 Å². The van der Waals surface area contributed by atoms with Gasteiger partial charge in [0.25, 0.3) is 0 Å². The highest BCUT2D eigenvalue weighted by Crippen LogP contribution is 2.14. The zero-order valence-electron chi connectivity index (χ0n) is 11.3. The van der Waals surface area contributed by atoms with Crippen LogP contribution in [0.1, 0.15) is 33.3 Å². The largest absolute Gasteiger partial charge is 0.379 e. The molecule has 0 atom stereocenters. The Balaban J connectivity index is 0.000000366. The molecule has 0 unspecified atom stereocenters. The smallest absolute Gasteiger partial charge is 0.0594 e. The van der Waals surface area contributed by atoms with Crippen LogP contribution < -0.4 is 0 Å². The molecule has 94 valence electrons. The van der Waals surface area contributed by atoms with Crippen LogP contribution in [0.15, 0.2) is 29.4 Å². The summed E-state index contributed by atoms with van der Waals surface area (Å²) in [6, 6.07) is 7.58. The minimum Gasteiger partial charge on any atom is -0.379 e. The zero-order chi connectivity index (χ0) is 13.3. The van der Waals surface area contributed by atoms with Crippen LogP contribution >= 0.6 is 0 Å². The molecule has 0 saturated carbocycles. The van der Waals surface area contributed by atoms with Crippen LogP contribution in [0.3, 0.4) is 0 Å². The predicted octanol–water partition coefficient (Wildman–Crippen LogP) is 4.62. The minimum absolute atomic E-state index is 0.0417. The number of azide groups is 1. The summed E-state index contributed by atoms with van der Waals surface area (Å²) in [7, 11) is 1.71. The van der Waals surface area contributed by atoms with Crippen LogP contribution in [0.5, 0.6) is 0 Å². The normalized spacial score (nSPS) is 9.94. The summed E-state index contributed by atoms with van der Waals surface area (Å²) < 4.78 is 4.94. The Kier molecular flexibility index (Phi) is 7.03. The van der Waals surface area contributed by atoms with Gasteiger partial charge in [-0.15, -0.1) is 0 Å². The number of ether oxygens (including phenoxy) is 1. The number of nitrogens with zero attached hydrogens (tertiary/aromatic N) is 3. The maximum Gasteiger partial charge on any atom is 0.0594 e. The van der Waals surface area contributed by atoms with Gasteiger partial charge >= 0.3 is 0 Å². The summed E-state index contributed by atoms with van der Waals surface area (Å²) in [4.78, 5) is 2.71. The van der Waals surface area contributed by atoms with Crippen molar-refractivity contribution in [3.63, 3.8) is 0 Å². The molecule has 17 heavy (non-hydrogen) atoms. The lowest BCUT2D eigenvalue weighted by Crippen LogP contribution is -2.15. The van der Waals surface area contributed by atoms with Gasteiger partial charge < -0.3 is 4.74 Å². The second-order valence-corrected chi connectivity index (χ2v) is 4.53. The van der Waals surface area contributed by atoms with Crippen molar-refractivity contribution in [2.45, 2.75) is 39.7 Å². The number of rotatable bonds is 2. The molecule has 0 N–H and O–H groups in total. The first kappa shape index (κ1) is 15.5. The molecule has 0 saturated heterocycles. The van der Waals surface area contributed by atoms with Crippen molar-refractivity contribution in [3.8, 4) is 0 Å². The van der Waals surface area contributed by atoms with E-state index < -0.39 is 0 Å². The fourth-order valence-corrected chi connectivity index (χ4v) is 0.890. The van der Waals surface area contributed by atoms with Crippen molar-refractivity contribution in [3.05, 3.63) is 40.3 Å². The maximum absolute atomic E-state index is 8.14. The SMILES string of the molecule is CCc1cccc(N=[N+]=[N-])c1.COC(C)(C)C. The molecule has 0 fully saturated rings. The number of benzene rings is 1. The van der Waals surface area contributed by atoms with Gasteiger partial charge in [0.05, 0.1) is 5.60 Å². The Morgan fingerprint density at radius 3 is 2.35 bits per heavy atom. The maximum atomic E-state index is 8.14. The summed E-state index contributed by atoms with van der Waals surface area (Å²) in [5, 5.41) is 3.50. The first-order chi connectivity index (χ1) is 7.92. The molecule has 0 amide bonds. The van der Waals surface area contributed by atoms with Crippen molar-refractivity contribution in [2.75, 3.05) is 7.11 Å². The topological polar surface area (TPSA) is 58.0 Å². The van der Waals surface area contributed by atoms with Crippen LogP contribution in [0, 0.1) is 0 Å². The molecule has 1 aromatic carbocycles. The highest BCUT2D eigenvalue weighted by Gasteiger charge is 2.04. The van der Waals surface area contributed by atoms with E-state index in [1.54, 1.807) is 13.2 Å². The van der Waals surface area contributed by atoms with E-state index in [1.807, 2.05) is 39.0 Å². The minimum atomic E-state index is 0.0417. The molecule has 0 aliphatic carbocycles. The Labute approximate surface area is 103 Å². The average molecular weight is 235 g/mol. The van der Waals surface area contributed by atoms with E-state index in [9.17, 15) is 0 Å². The van der Waals surface area contributed by atoms with E-state index in [4.69, 9.17) is 10.3 Å². The standard InChI is InChI=1S/C8H9N3.C5H12O/c1-2-7-4-3-5-8(6-7)10-11-9;1-5(2,3)6-4/h3-6H,2H2,1H3;1-4H3. The van der Waals surface area contributed by atoms with E-state index in [-0.39, 0.29) is 5.60 Å². The molecule has 4 nitrogen and oxygen atoms in total. The molecular formula is C13H21N3O. The molecule has 0 radical (unpaired) electrons. The van der Waals surface area contributed by atoms with Gasteiger partial charge in [0.1, 0.15) is 0 Å². The third-order valence-electron chi connectivity index (χ3n) is 2.09. The van der Waals surface area contributed by atoms with Gasteiger partial charge in [-0.25, -0.2) is 0 Å². The van der Waals surface area contributed by atoms with Crippen molar-refractivity contribution < 1.29 is 4.74 Å². The van der Waals surface area contributed by atoms with Crippen molar-refractivity contribution >= 4 is 5.69 Å². The monoisotopic (exact) mass is 235 g/mol. The summed E-state index contributed by atoms with van der Waals surface area (Å²) in [6.07, 6.45) is 0.967. The quantitative estimate of drug-likeness (QED) is 0.419. The molecule has 0 aliphatic heterocycles. The number of aryl methyl sites for hydroxylation is 1. The van der Waals surface area contributed by atoms with Crippen LogP contribution in [0.4, 0.5) is 5.69 Å². The van der Waals surface area contributed by atoms with Crippen LogP contribution in [0.2, 0.25) is 0 Å². The Bertz CT molecular complexity index is 376. The van der Waals surface area contributed by atoms with E-state index in [0.717, 1.165) is 6.42 Å². The Morgan fingerprint density at radius 2 is 1.94 bits per heavy atom. The van der Waals surface area contributed by atoms with Gasteiger partial charge in [-0.2, -0.15) is 0 Å². The van der Waals surface area contributed by atoms with Gasteiger partial charge in [0, 0.05) is 17.7 Å². The summed E-state index contributed by atoms with van der Waals surface area (Å²) >= 11 is 0. The fraction of sp³-hybridized carbons (Fsp3) is 0.538. The van der Waals surface area contributed by atoms with E-state index in [0.29, 0.717) is 5.69 Å². The molecule has 0 bridgehead atoms. The third-order valence-corrected chi connectivity index (χ3v) is 2.09. The van der Waals surface area contributed by atoms with Crippen LogP contribution in [0.25, 0.3) is 10.4 Å². The summed E-state index contributed by atoms with van der Waals surface area (Å²) in [6.45, 7) is 8.13. The first-order valence-corrected chi connectivity index (χ1v) is 5.62. The lowest BCUT2D eigenvalue weighted by Gasteiger charge is -2.14. The highest BCUT2D eigenvalue weighted by atomic mass is 16.5. The summed E-state index contributed by atoms with van der Waals surface area (Å²) in [5.74, 6) is 0. The molecule has 1 aromatic rings. The number of hydrogen-bond acceptors (Lipinski definition) is 2. The first-order valence-electron chi connectivity index (χ1n) is 5.62. The van der Waals surface area contributed by atoms with E-state index in [1.165, 1.54) is 5.56 Å². The molecule has 0 spiro atoms. The lowest BCUT2D eigenvalue weighted by atomic mass is 10.1. The summed E-state index contributed by atoms with van der Waals surface area (Å²) in [5.41, 5.74) is 10.1. The van der Waals surface area contributed by atoms with Gasteiger partial charge in [0.15, 0.2) is 0 Å². The van der Waals surface area contributed by atoms with Crippen molar-refractivity contribution in [2.24, 2.45) is 5.11 Å². The number of methoxy groups -OCH3 is 1. The molecule has 4 heteroatoms. The second kappa shape index (κ2) is 7.71. The van der Waals surface area contributed by atoms with Crippen molar-refractivity contribution in [1.82, 2.24) is 0 Å². The second-order valence-electron chi connectivity index (χ2n) is 4.53. The van der Waals surface area contributed by atoms with E-state index in [2.05, 4.69) is 16.9 Å². The Morgan fingerprint density at radius 1 is 1.35 bits per heavy atom. The number of hydrogen-bond donors (Lipinski definition) is 0. The van der Waals surface area contributed by atoms with E-state index >= 15 is 0 Å². The third kappa shape index (κ3) is 8.31. The fourth-order valence-electron chi connectivity index (χ4n) is 0.890. The Hall–Kier alpha value is -1.51. The van der Waals surface area contributed by atoms with Gasteiger partial charge in [0.2, 0.25) is 0 Å². The molecular weight excluding hydrogens is 214 g/mol. The highest BCUT2D eigenvalue weighted by molar-refractivity contribution is 5.39. The predicted molar refractivity (Wildman–Crippen MR) is 71.4 cm³/mol. The molecule has 0 aromatic heterocycles. The van der Waals surface area contributed by atoms with Crippen LogP contribution in [-0.2, 0) is 11.2 Å². The lowest BCUT2D eigenvalue weighted by molar-refractivity contribution is 0.0397. The van der Waals surface area contributed by atoms with Gasteiger partial charge in [-0.05, 0) is 44.4 Å².